The maximum atomic E-state index is 5.85. The molecule has 0 aliphatic heterocycles. The van der Waals surface area contributed by atoms with Crippen molar-refractivity contribution in [1.29, 1.82) is 0 Å². The number of hydrogen-bond donors (Lipinski definition) is 2. The van der Waals surface area contributed by atoms with Crippen LogP contribution in [0.2, 0.25) is 0 Å². The highest BCUT2D eigenvalue weighted by Gasteiger charge is 2.37. The van der Waals surface area contributed by atoms with E-state index < -0.39 is 0 Å². The van der Waals surface area contributed by atoms with Crippen LogP contribution in [0.5, 0.6) is 0 Å². The van der Waals surface area contributed by atoms with E-state index in [1.165, 1.54) is 31.4 Å². The molecule has 0 amide bonds. The fourth-order valence-corrected chi connectivity index (χ4v) is 3.66. The van der Waals surface area contributed by atoms with E-state index in [1.54, 1.807) is 0 Å². The molecule has 0 bridgehead atoms. The van der Waals surface area contributed by atoms with Gasteiger partial charge in [-0.15, -0.1) is 0 Å². The second-order valence-corrected chi connectivity index (χ2v) is 6.72. The molecule has 4 nitrogen and oxygen atoms in total. The maximum Gasteiger partial charge on any atom is 0.0596 e. The Kier molecular flexibility index (Phi) is 4.31. The van der Waals surface area contributed by atoms with Crippen LogP contribution in [-0.4, -0.2) is 15.8 Å². The molecule has 0 aromatic carbocycles. The molecular formula is C15H28N4. The van der Waals surface area contributed by atoms with Gasteiger partial charge in [0.25, 0.3) is 0 Å². The molecular weight excluding hydrogens is 236 g/mol. The molecule has 2 rings (SSSR count). The quantitative estimate of drug-likeness (QED) is 0.648. The van der Waals surface area contributed by atoms with Gasteiger partial charge in [-0.3, -0.25) is 16.0 Å². The summed E-state index contributed by atoms with van der Waals surface area (Å²) in [6.45, 7) is 6.81. The summed E-state index contributed by atoms with van der Waals surface area (Å²) in [7, 11) is 2.02. The Balaban J connectivity index is 2.13. The fraction of sp³-hybridized carbons (Fsp3) is 0.800. The number of hydrogen-bond acceptors (Lipinski definition) is 3. The van der Waals surface area contributed by atoms with Crippen molar-refractivity contribution < 1.29 is 0 Å². The molecule has 0 saturated heterocycles. The lowest BCUT2D eigenvalue weighted by Gasteiger charge is -2.43. The first-order valence-corrected chi connectivity index (χ1v) is 7.39. The van der Waals surface area contributed by atoms with E-state index in [9.17, 15) is 0 Å². The zero-order valence-electron chi connectivity index (χ0n) is 12.7. The third kappa shape index (κ3) is 3.18. The first-order valence-electron chi connectivity index (χ1n) is 7.39. The monoisotopic (exact) mass is 264 g/mol. The Morgan fingerprint density at radius 1 is 1.53 bits per heavy atom. The third-order valence-electron chi connectivity index (χ3n) is 4.82. The van der Waals surface area contributed by atoms with Crippen LogP contribution in [0, 0.1) is 18.3 Å². The largest absolute Gasteiger partial charge is 0.272 e. The molecule has 1 saturated carbocycles. The topological polar surface area (TPSA) is 55.9 Å². The first-order chi connectivity index (χ1) is 8.94. The van der Waals surface area contributed by atoms with Gasteiger partial charge in [0.2, 0.25) is 0 Å². The molecule has 1 heterocycles. The van der Waals surface area contributed by atoms with Crippen LogP contribution >= 0.6 is 0 Å². The third-order valence-corrected chi connectivity index (χ3v) is 4.82. The van der Waals surface area contributed by atoms with Crippen molar-refractivity contribution in [2.75, 3.05) is 0 Å². The minimum Gasteiger partial charge on any atom is -0.272 e. The van der Waals surface area contributed by atoms with Crippen molar-refractivity contribution in [3.05, 3.63) is 17.5 Å². The molecule has 2 atom stereocenters. The van der Waals surface area contributed by atoms with Gasteiger partial charge in [0.05, 0.1) is 5.69 Å². The smallest absolute Gasteiger partial charge is 0.0596 e. The van der Waals surface area contributed by atoms with Crippen LogP contribution in [0.4, 0.5) is 0 Å². The van der Waals surface area contributed by atoms with E-state index in [1.807, 2.05) is 18.7 Å². The van der Waals surface area contributed by atoms with Crippen molar-refractivity contribution in [3.63, 3.8) is 0 Å². The lowest BCUT2D eigenvalue weighted by atomic mass is 9.65. The summed E-state index contributed by atoms with van der Waals surface area (Å²) in [4.78, 5) is 0. The summed E-state index contributed by atoms with van der Waals surface area (Å²) in [5, 5.41) is 4.43. The summed E-state index contributed by atoms with van der Waals surface area (Å²) in [6, 6.07) is 2.50. The normalized spacial score (nSPS) is 24.4. The molecule has 1 fully saturated rings. The zero-order chi connectivity index (χ0) is 14.0. The van der Waals surface area contributed by atoms with Gasteiger partial charge in [0, 0.05) is 25.2 Å². The standard InChI is InChI=1S/C15H28N4/c1-11-9-12(19(4)18-11)10-14(17-16)13-7-5-6-8-15(13,2)3/h9,13-14,17H,5-8,10,16H2,1-4H3. The Morgan fingerprint density at radius 2 is 2.26 bits per heavy atom. The minimum absolute atomic E-state index is 0.338. The Labute approximate surface area is 116 Å². The van der Waals surface area contributed by atoms with Crippen LogP contribution in [0.25, 0.3) is 0 Å². The average Bonchev–Trinajstić information content (AvgIpc) is 2.65. The van der Waals surface area contributed by atoms with Crippen molar-refractivity contribution in [2.45, 2.75) is 58.9 Å². The summed E-state index contributed by atoms with van der Waals surface area (Å²) >= 11 is 0. The molecule has 3 N–H and O–H groups in total. The van der Waals surface area contributed by atoms with E-state index in [2.05, 4.69) is 30.4 Å². The predicted molar refractivity (Wildman–Crippen MR) is 78.5 cm³/mol. The number of hydrazine groups is 1. The van der Waals surface area contributed by atoms with Crippen LogP contribution in [0.1, 0.15) is 50.9 Å². The highest BCUT2D eigenvalue weighted by Crippen LogP contribution is 2.42. The van der Waals surface area contributed by atoms with Gasteiger partial charge < -0.3 is 0 Å². The number of nitrogens with zero attached hydrogens (tertiary/aromatic N) is 2. The highest BCUT2D eigenvalue weighted by molar-refractivity contribution is 5.11. The van der Waals surface area contributed by atoms with E-state index in [0.717, 1.165) is 12.1 Å². The van der Waals surface area contributed by atoms with E-state index in [-0.39, 0.29) is 0 Å². The van der Waals surface area contributed by atoms with Gasteiger partial charge in [-0.2, -0.15) is 5.10 Å². The predicted octanol–water partition coefficient (Wildman–Crippen LogP) is 2.32. The zero-order valence-corrected chi connectivity index (χ0v) is 12.7. The number of rotatable bonds is 4. The van der Waals surface area contributed by atoms with Crippen LogP contribution in [0.3, 0.4) is 0 Å². The number of aryl methyl sites for hydroxylation is 2. The van der Waals surface area contributed by atoms with Crippen molar-refractivity contribution in [3.8, 4) is 0 Å². The maximum absolute atomic E-state index is 5.85. The van der Waals surface area contributed by atoms with Crippen LogP contribution in [-0.2, 0) is 13.5 Å². The highest BCUT2D eigenvalue weighted by atomic mass is 15.3. The summed E-state index contributed by atoms with van der Waals surface area (Å²) in [6.07, 6.45) is 6.23. The Morgan fingerprint density at radius 3 is 2.79 bits per heavy atom. The molecule has 2 unspecified atom stereocenters. The summed E-state index contributed by atoms with van der Waals surface area (Å²) in [5.41, 5.74) is 5.79. The Bertz CT molecular complexity index is 422. The number of nitrogens with one attached hydrogen (secondary N) is 1. The molecule has 4 heteroatoms. The van der Waals surface area contributed by atoms with Gasteiger partial charge >= 0.3 is 0 Å². The van der Waals surface area contributed by atoms with E-state index in [4.69, 9.17) is 5.84 Å². The minimum atomic E-state index is 0.338. The van der Waals surface area contributed by atoms with Gasteiger partial charge in [-0.05, 0) is 37.2 Å². The van der Waals surface area contributed by atoms with Gasteiger partial charge in [-0.25, -0.2) is 0 Å². The molecule has 108 valence electrons. The SMILES string of the molecule is Cc1cc(CC(NN)C2CCCCC2(C)C)n(C)n1. The van der Waals surface area contributed by atoms with E-state index >= 15 is 0 Å². The second kappa shape index (κ2) is 5.63. The molecule has 0 spiro atoms. The lowest BCUT2D eigenvalue weighted by Crippen LogP contribution is -2.49. The van der Waals surface area contributed by atoms with Gasteiger partial charge in [0.15, 0.2) is 0 Å². The molecule has 1 aromatic heterocycles. The number of aromatic nitrogens is 2. The van der Waals surface area contributed by atoms with Crippen molar-refractivity contribution >= 4 is 0 Å². The first kappa shape index (κ1) is 14.5. The fourth-order valence-electron chi connectivity index (χ4n) is 3.66. The molecule has 1 aliphatic carbocycles. The molecule has 19 heavy (non-hydrogen) atoms. The molecule has 0 radical (unpaired) electrons. The second-order valence-electron chi connectivity index (χ2n) is 6.72. The van der Waals surface area contributed by atoms with Crippen molar-refractivity contribution in [2.24, 2.45) is 24.2 Å². The van der Waals surface area contributed by atoms with E-state index in [0.29, 0.717) is 17.4 Å². The van der Waals surface area contributed by atoms with Gasteiger partial charge in [0.1, 0.15) is 0 Å². The average molecular weight is 264 g/mol. The number of nitrogens with two attached hydrogens (primary N) is 1. The summed E-state index contributed by atoms with van der Waals surface area (Å²) < 4.78 is 1.98. The lowest BCUT2D eigenvalue weighted by molar-refractivity contribution is 0.0974. The van der Waals surface area contributed by atoms with Crippen LogP contribution in [0.15, 0.2) is 6.07 Å². The Hall–Kier alpha value is -0.870. The van der Waals surface area contributed by atoms with Gasteiger partial charge in [-0.1, -0.05) is 26.7 Å². The molecule has 1 aromatic rings. The van der Waals surface area contributed by atoms with Crippen molar-refractivity contribution in [1.82, 2.24) is 15.2 Å². The summed E-state index contributed by atoms with van der Waals surface area (Å²) in [5.74, 6) is 6.49. The van der Waals surface area contributed by atoms with Crippen LogP contribution < -0.4 is 11.3 Å². The molecule has 1 aliphatic rings.